The van der Waals surface area contributed by atoms with Crippen LogP contribution in [0.2, 0.25) is 6.32 Å². The van der Waals surface area contributed by atoms with Gasteiger partial charge >= 0.3 is 59.1 Å². The fourth-order valence-corrected chi connectivity index (χ4v) is 1.44. The quantitative estimate of drug-likeness (QED) is 0.304. The molecule has 0 aliphatic rings. The molecule has 0 aliphatic carbocycles. The summed E-state index contributed by atoms with van der Waals surface area (Å²) in [7, 11) is -1.60. The van der Waals surface area contributed by atoms with Gasteiger partial charge < -0.3 is 32.0 Å². The van der Waals surface area contributed by atoms with Crippen molar-refractivity contribution in [1.29, 1.82) is 0 Å². The van der Waals surface area contributed by atoms with Crippen LogP contribution in [0.1, 0.15) is 58.3 Å². The van der Waals surface area contributed by atoms with E-state index in [4.69, 9.17) is 0 Å². The molecular formula is C10H29BNa2O6. The minimum absolute atomic E-state index is 0. The fourth-order valence-electron chi connectivity index (χ4n) is 1.44. The summed E-state index contributed by atoms with van der Waals surface area (Å²) in [6.45, 7) is 2.21. The van der Waals surface area contributed by atoms with Gasteiger partial charge in [-0.05, 0) is 0 Å². The molecule has 0 bridgehead atoms. The van der Waals surface area contributed by atoms with E-state index in [1.54, 1.807) is 0 Å². The Morgan fingerprint density at radius 2 is 0.947 bits per heavy atom. The molecule has 110 valence electrons. The first-order valence-electron chi connectivity index (χ1n) is 5.59. The van der Waals surface area contributed by atoms with Gasteiger partial charge in [-0.1, -0.05) is 58.3 Å². The van der Waals surface area contributed by atoms with Crippen molar-refractivity contribution in [3.63, 3.8) is 0 Å². The van der Waals surface area contributed by atoms with E-state index in [1.165, 1.54) is 38.5 Å². The maximum Gasteiger partial charge on any atom is 1.00 e. The van der Waals surface area contributed by atoms with Crippen molar-refractivity contribution in [1.82, 2.24) is 0 Å². The number of rotatable bonds is 9. The van der Waals surface area contributed by atoms with Crippen LogP contribution in [0.3, 0.4) is 0 Å². The van der Waals surface area contributed by atoms with E-state index in [0.29, 0.717) is 6.32 Å². The molecule has 0 rings (SSSR count). The standard InChI is InChI=1S/C10H21BO2.2Na.4H2O/c1-2-3-4-5-6-7-8-9-10-11(12)13;;;;;;/h2-10H2,1H3;;;4*1H2/q-2;2*+1;;;;. The molecule has 0 atom stereocenters. The maximum absolute atomic E-state index is 10.1. The van der Waals surface area contributed by atoms with Crippen molar-refractivity contribution < 1.29 is 91.1 Å². The summed E-state index contributed by atoms with van der Waals surface area (Å²) in [5, 5.41) is 20.3. The molecule has 0 radical (unpaired) electrons. The molecule has 0 saturated heterocycles. The van der Waals surface area contributed by atoms with Gasteiger partial charge in [0.1, 0.15) is 0 Å². The minimum atomic E-state index is -1.60. The zero-order chi connectivity index (χ0) is 9.94. The second-order valence-electron chi connectivity index (χ2n) is 3.69. The molecule has 0 fully saturated rings. The smallest absolute Gasteiger partial charge is 0.893 e. The third-order valence-corrected chi connectivity index (χ3v) is 2.29. The van der Waals surface area contributed by atoms with Gasteiger partial charge in [0.05, 0.1) is 0 Å². The van der Waals surface area contributed by atoms with Gasteiger partial charge in [0.25, 0.3) is 0 Å². The average Bonchev–Trinajstić information content (AvgIpc) is 2.09. The molecule has 19 heavy (non-hydrogen) atoms. The van der Waals surface area contributed by atoms with Crippen LogP contribution >= 0.6 is 0 Å². The van der Waals surface area contributed by atoms with Crippen LogP contribution in [-0.2, 0) is 0 Å². The van der Waals surface area contributed by atoms with Gasteiger partial charge in [0, 0.05) is 0 Å². The van der Waals surface area contributed by atoms with E-state index >= 15 is 0 Å². The summed E-state index contributed by atoms with van der Waals surface area (Å²) < 4.78 is 0. The Morgan fingerprint density at radius 1 is 0.632 bits per heavy atom. The van der Waals surface area contributed by atoms with Gasteiger partial charge in [-0.15, -0.1) is 13.4 Å². The third kappa shape index (κ3) is 45.0. The predicted molar refractivity (Wildman–Crippen MR) is 67.6 cm³/mol. The molecule has 0 aromatic carbocycles. The number of hydrogen-bond donors (Lipinski definition) is 0. The van der Waals surface area contributed by atoms with Crippen LogP contribution < -0.4 is 69.2 Å². The van der Waals surface area contributed by atoms with Crippen molar-refractivity contribution >= 4 is 7.12 Å². The summed E-state index contributed by atoms with van der Waals surface area (Å²) in [5.41, 5.74) is 0. The summed E-state index contributed by atoms with van der Waals surface area (Å²) in [6.07, 6.45) is 9.93. The molecular weight excluding hydrogens is 273 g/mol. The van der Waals surface area contributed by atoms with E-state index in [0.717, 1.165) is 12.8 Å². The van der Waals surface area contributed by atoms with Gasteiger partial charge in [-0.25, -0.2) is 0 Å². The Labute approximate surface area is 161 Å². The summed E-state index contributed by atoms with van der Waals surface area (Å²) >= 11 is 0. The maximum atomic E-state index is 10.1. The molecule has 6 nitrogen and oxygen atoms in total. The van der Waals surface area contributed by atoms with Gasteiger partial charge in [-0.3, -0.25) is 0 Å². The molecule has 0 amide bonds. The summed E-state index contributed by atoms with van der Waals surface area (Å²) in [6, 6.07) is 0. The SMILES string of the molecule is CCCCCCCCCCB([O-])[O-].O.O.O.O.[Na+].[Na+]. The first-order chi connectivity index (χ1) is 6.27. The van der Waals surface area contributed by atoms with E-state index in [1.807, 2.05) is 0 Å². The molecule has 0 saturated carbocycles. The topological polar surface area (TPSA) is 172 Å². The second kappa shape index (κ2) is 36.8. The predicted octanol–water partition coefficient (Wildman–Crippen LogP) is -7.95. The molecule has 0 aliphatic heterocycles. The first kappa shape index (κ1) is 42.8. The van der Waals surface area contributed by atoms with E-state index in [-0.39, 0.29) is 81.0 Å². The molecule has 0 spiro atoms. The van der Waals surface area contributed by atoms with Gasteiger partial charge in [0.15, 0.2) is 0 Å². The Morgan fingerprint density at radius 3 is 1.26 bits per heavy atom. The van der Waals surface area contributed by atoms with Crippen molar-refractivity contribution in [2.24, 2.45) is 0 Å². The summed E-state index contributed by atoms with van der Waals surface area (Å²) in [5.74, 6) is 0. The number of hydrogen-bond acceptors (Lipinski definition) is 2. The first-order valence-corrected chi connectivity index (χ1v) is 5.59. The van der Waals surface area contributed by atoms with Crippen molar-refractivity contribution in [3.8, 4) is 0 Å². The zero-order valence-corrected chi connectivity index (χ0v) is 16.8. The largest absolute Gasteiger partial charge is 1.00 e. The Kier molecular flexibility index (Phi) is 82.8. The minimum Gasteiger partial charge on any atom is -0.893 e. The van der Waals surface area contributed by atoms with Crippen LogP contribution in [0.15, 0.2) is 0 Å². The number of unbranched alkanes of at least 4 members (excludes halogenated alkanes) is 7. The summed E-state index contributed by atoms with van der Waals surface area (Å²) in [4.78, 5) is 0. The molecule has 9 heteroatoms. The molecule has 0 unspecified atom stereocenters. The molecule has 0 aromatic heterocycles. The van der Waals surface area contributed by atoms with E-state index in [9.17, 15) is 10.0 Å². The molecule has 0 heterocycles. The normalized spacial score (nSPS) is 7.11. The van der Waals surface area contributed by atoms with Crippen molar-refractivity contribution in [3.05, 3.63) is 0 Å². The average molecular weight is 302 g/mol. The fraction of sp³-hybridized carbons (Fsp3) is 1.00. The van der Waals surface area contributed by atoms with E-state index in [2.05, 4.69) is 6.92 Å². The van der Waals surface area contributed by atoms with Crippen LogP contribution in [-0.4, -0.2) is 29.0 Å². The Hall–Kier alpha value is 1.82. The molecule has 0 aromatic rings. The Bertz CT molecular complexity index is 114. The van der Waals surface area contributed by atoms with Crippen molar-refractivity contribution in [2.75, 3.05) is 0 Å². The van der Waals surface area contributed by atoms with Gasteiger partial charge in [-0.2, -0.15) is 0 Å². The van der Waals surface area contributed by atoms with E-state index < -0.39 is 7.12 Å². The van der Waals surface area contributed by atoms with Crippen LogP contribution in [0.4, 0.5) is 0 Å². The second-order valence-corrected chi connectivity index (χ2v) is 3.69. The molecule has 8 N–H and O–H groups in total. The van der Waals surface area contributed by atoms with Crippen LogP contribution in [0.5, 0.6) is 0 Å². The monoisotopic (exact) mass is 302 g/mol. The van der Waals surface area contributed by atoms with Crippen LogP contribution in [0.25, 0.3) is 0 Å². The Balaban J connectivity index is -0.0000000480. The zero-order valence-electron chi connectivity index (χ0n) is 12.8. The van der Waals surface area contributed by atoms with Gasteiger partial charge in [0.2, 0.25) is 0 Å². The third-order valence-electron chi connectivity index (χ3n) is 2.29. The van der Waals surface area contributed by atoms with Crippen LogP contribution in [0, 0.1) is 0 Å². The van der Waals surface area contributed by atoms with Crippen molar-refractivity contribution in [2.45, 2.75) is 64.6 Å².